The highest BCUT2D eigenvalue weighted by Crippen LogP contribution is 2.21. The molecular formula is C20H24N6O2. The fourth-order valence-electron chi connectivity index (χ4n) is 3.53. The van der Waals surface area contributed by atoms with Crippen molar-refractivity contribution in [2.24, 2.45) is 0 Å². The summed E-state index contributed by atoms with van der Waals surface area (Å²) in [4.78, 5) is 14.4. The van der Waals surface area contributed by atoms with Gasteiger partial charge in [0.1, 0.15) is 18.5 Å². The largest absolute Gasteiger partial charge is 0.386 e. The Kier molecular flexibility index (Phi) is 4.87. The molecule has 28 heavy (non-hydrogen) atoms. The lowest BCUT2D eigenvalue weighted by molar-refractivity contribution is -0.133. The van der Waals surface area contributed by atoms with Crippen LogP contribution in [0.5, 0.6) is 0 Å². The average molecular weight is 380 g/mol. The molecule has 2 aromatic heterocycles. The predicted octanol–water partition coefficient (Wildman–Crippen LogP) is 1.29. The van der Waals surface area contributed by atoms with Crippen LogP contribution in [0.2, 0.25) is 0 Å². The second-order valence-corrected chi connectivity index (χ2v) is 7.17. The minimum Gasteiger partial charge on any atom is -0.386 e. The van der Waals surface area contributed by atoms with E-state index >= 15 is 0 Å². The lowest BCUT2D eigenvalue weighted by Crippen LogP contribution is -2.40. The second-order valence-electron chi connectivity index (χ2n) is 7.17. The van der Waals surface area contributed by atoms with Gasteiger partial charge in [0.15, 0.2) is 0 Å². The molecule has 3 N–H and O–H groups in total. The van der Waals surface area contributed by atoms with Crippen molar-refractivity contribution in [3.63, 3.8) is 0 Å². The molecule has 1 amide bonds. The first-order valence-electron chi connectivity index (χ1n) is 9.36. The fraction of sp³-hybridized carbons (Fsp3) is 0.350. The number of carbonyl (C=O) groups excluding carboxylic acids is 1. The molecule has 3 heterocycles. The van der Waals surface area contributed by atoms with Gasteiger partial charge < -0.3 is 15.7 Å². The molecule has 0 radical (unpaired) electrons. The van der Waals surface area contributed by atoms with Crippen LogP contribution in [0, 0.1) is 6.92 Å². The standard InChI is InChI=1S/C20H24N6O2/c1-14-9-19(21)26(22-14)13-20(28)24-7-8-25-16(12-24)11-17(23-25)18(27)10-15-5-3-2-4-6-15/h2-6,9,11,18,27H,7-8,10,12-13,21H2,1H3/t18-/m0/s1. The van der Waals surface area contributed by atoms with E-state index in [1.54, 1.807) is 11.0 Å². The van der Waals surface area contributed by atoms with E-state index in [4.69, 9.17) is 5.73 Å². The lowest BCUT2D eigenvalue weighted by atomic mass is 10.1. The summed E-state index contributed by atoms with van der Waals surface area (Å²) < 4.78 is 3.40. The number of carbonyl (C=O) groups is 1. The molecule has 8 nitrogen and oxygen atoms in total. The maximum absolute atomic E-state index is 12.7. The molecule has 146 valence electrons. The second kappa shape index (κ2) is 7.47. The highest BCUT2D eigenvalue weighted by Gasteiger charge is 2.24. The number of anilines is 1. The summed E-state index contributed by atoms with van der Waals surface area (Å²) >= 11 is 0. The Bertz CT molecular complexity index is 978. The van der Waals surface area contributed by atoms with Gasteiger partial charge in [-0.1, -0.05) is 30.3 Å². The minimum atomic E-state index is -0.670. The van der Waals surface area contributed by atoms with E-state index in [9.17, 15) is 9.90 Å². The van der Waals surface area contributed by atoms with E-state index in [1.165, 1.54) is 4.68 Å². The number of aliphatic hydroxyl groups is 1. The van der Waals surface area contributed by atoms with Gasteiger partial charge in [0, 0.05) is 19.0 Å². The topological polar surface area (TPSA) is 102 Å². The van der Waals surface area contributed by atoms with Crippen LogP contribution in [0.4, 0.5) is 5.82 Å². The Labute approximate surface area is 163 Å². The number of nitrogen functional groups attached to an aromatic ring is 1. The molecule has 0 saturated carbocycles. The number of aryl methyl sites for hydroxylation is 1. The molecule has 0 aliphatic carbocycles. The molecule has 0 saturated heterocycles. The molecular weight excluding hydrogens is 356 g/mol. The van der Waals surface area contributed by atoms with Gasteiger partial charge in [-0.15, -0.1) is 0 Å². The zero-order chi connectivity index (χ0) is 19.7. The van der Waals surface area contributed by atoms with E-state index in [0.29, 0.717) is 37.6 Å². The first-order valence-corrected chi connectivity index (χ1v) is 9.36. The van der Waals surface area contributed by atoms with Crippen molar-refractivity contribution in [2.75, 3.05) is 12.3 Å². The van der Waals surface area contributed by atoms with Gasteiger partial charge in [0.05, 0.1) is 30.2 Å². The highest BCUT2D eigenvalue weighted by atomic mass is 16.3. The van der Waals surface area contributed by atoms with Crippen LogP contribution in [0.3, 0.4) is 0 Å². The summed E-state index contributed by atoms with van der Waals surface area (Å²) in [5, 5.41) is 19.3. The monoisotopic (exact) mass is 380 g/mol. The number of aromatic nitrogens is 4. The zero-order valence-corrected chi connectivity index (χ0v) is 15.8. The van der Waals surface area contributed by atoms with E-state index in [-0.39, 0.29) is 12.5 Å². The molecule has 3 aromatic rings. The van der Waals surface area contributed by atoms with Crippen LogP contribution in [0.25, 0.3) is 0 Å². The summed E-state index contributed by atoms with van der Waals surface area (Å²) in [6.45, 7) is 3.61. The number of amides is 1. The summed E-state index contributed by atoms with van der Waals surface area (Å²) in [6, 6.07) is 13.5. The summed E-state index contributed by atoms with van der Waals surface area (Å²) in [5.74, 6) is 0.452. The third kappa shape index (κ3) is 3.77. The Hall–Kier alpha value is -3.13. The molecule has 0 spiro atoms. The molecule has 1 aliphatic heterocycles. The summed E-state index contributed by atoms with van der Waals surface area (Å²) in [5.41, 5.74) is 9.30. The van der Waals surface area contributed by atoms with Crippen molar-refractivity contribution in [3.8, 4) is 0 Å². The summed E-state index contributed by atoms with van der Waals surface area (Å²) in [7, 11) is 0. The smallest absolute Gasteiger partial charge is 0.244 e. The highest BCUT2D eigenvalue weighted by molar-refractivity contribution is 5.76. The maximum Gasteiger partial charge on any atom is 0.244 e. The van der Waals surface area contributed by atoms with Crippen molar-refractivity contribution in [1.29, 1.82) is 0 Å². The van der Waals surface area contributed by atoms with E-state index in [0.717, 1.165) is 17.0 Å². The number of rotatable bonds is 5. The number of nitrogens with zero attached hydrogens (tertiary/aromatic N) is 5. The number of aliphatic hydroxyl groups excluding tert-OH is 1. The Morgan fingerprint density at radius 2 is 2.00 bits per heavy atom. The molecule has 1 atom stereocenters. The summed E-state index contributed by atoms with van der Waals surface area (Å²) in [6.07, 6.45) is -0.158. The number of hydrogen-bond donors (Lipinski definition) is 2. The maximum atomic E-state index is 12.7. The number of nitrogens with two attached hydrogens (primary N) is 1. The molecule has 1 aliphatic rings. The first-order chi connectivity index (χ1) is 13.5. The van der Waals surface area contributed by atoms with Crippen LogP contribution in [0.15, 0.2) is 42.5 Å². The zero-order valence-electron chi connectivity index (χ0n) is 15.8. The van der Waals surface area contributed by atoms with Crippen LogP contribution in [-0.2, 0) is 30.8 Å². The lowest BCUT2D eigenvalue weighted by Gasteiger charge is -2.27. The number of hydrogen-bond acceptors (Lipinski definition) is 5. The SMILES string of the molecule is Cc1cc(N)n(CC(=O)N2CCn3nc([C@@H](O)Cc4ccccc4)cc3C2)n1. The van der Waals surface area contributed by atoms with Gasteiger partial charge in [-0.2, -0.15) is 10.2 Å². The van der Waals surface area contributed by atoms with Crippen molar-refractivity contribution in [1.82, 2.24) is 24.5 Å². The molecule has 8 heteroatoms. The van der Waals surface area contributed by atoms with Crippen LogP contribution in [-0.4, -0.2) is 42.0 Å². The predicted molar refractivity (Wildman–Crippen MR) is 104 cm³/mol. The van der Waals surface area contributed by atoms with Crippen molar-refractivity contribution < 1.29 is 9.90 Å². The number of benzene rings is 1. The minimum absolute atomic E-state index is 0.0337. The van der Waals surface area contributed by atoms with Crippen LogP contribution in [0.1, 0.15) is 28.7 Å². The molecule has 1 aromatic carbocycles. The quantitative estimate of drug-likeness (QED) is 0.694. The van der Waals surface area contributed by atoms with E-state index in [2.05, 4.69) is 10.2 Å². The van der Waals surface area contributed by atoms with Crippen LogP contribution < -0.4 is 5.73 Å². The van der Waals surface area contributed by atoms with Gasteiger partial charge in [-0.05, 0) is 18.6 Å². The third-order valence-corrected chi connectivity index (χ3v) is 5.00. The van der Waals surface area contributed by atoms with E-state index < -0.39 is 6.10 Å². The van der Waals surface area contributed by atoms with Crippen molar-refractivity contribution in [3.05, 3.63) is 65.1 Å². The fourth-order valence-corrected chi connectivity index (χ4v) is 3.53. The van der Waals surface area contributed by atoms with Crippen molar-refractivity contribution >= 4 is 11.7 Å². The van der Waals surface area contributed by atoms with Crippen LogP contribution >= 0.6 is 0 Å². The average Bonchev–Trinajstić information content (AvgIpc) is 3.24. The normalized spacial score (nSPS) is 14.7. The van der Waals surface area contributed by atoms with Crippen molar-refractivity contribution in [2.45, 2.75) is 39.1 Å². The first kappa shape index (κ1) is 18.2. The molecule has 4 rings (SSSR count). The van der Waals surface area contributed by atoms with Gasteiger partial charge in [0.2, 0.25) is 5.91 Å². The number of fused-ring (bicyclic) bond motifs is 1. The third-order valence-electron chi connectivity index (χ3n) is 5.00. The molecule has 0 bridgehead atoms. The van der Waals surface area contributed by atoms with Gasteiger partial charge in [-0.25, -0.2) is 4.68 Å². The molecule has 0 fully saturated rings. The van der Waals surface area contributed by atoms with Gasteiger partial charge >= 0.3 is 0 Å². The van der Waals surface area contributed by atoms with Gasteiger partial charge in [0.25, 0.3) is 0 Å². The van der Waals surface area contributed by atoms with Gasteiger partial charge in [-0.3, -0.25) is 9.48 Å². The Balaban J connectivity index is 1.42. The Morgan fingerprint density at radius 3 is 2.71 bits per heavy atom. The Morgan fingerprint density at radius 1 is 1.21 bits per heavy atom. The molecule has 0 unspecified atom stereocenters. The van der Waals surface area contributed by atoms with E-state index in [1.807, 2.05) is 48.0 Å².